The van der Waals surface area contributed by atoms with Crippen LogP contribution in [0.3, 0.4) is 0 Å². The predicted octanol–water partition coefficient (Wildman–Crippen LogP) is 2.87. The first-order chi connectivity index (χ1) is 9.19. The van der Waals surface area contributed by atoms with Gasteiger partial charge in [0.25, 0.3) is 0 Å². The van der Waals surface area contributed by atoms with E-state index in [1.165, 1.54) is 5.56 Å². The number of imidazole rings is 1. The molecule has 0 spiro atoms. The number of hydrogen-bond donors (Lipinski definition) is 1. The summed E-state index contributed by atoms with van der Waals surface area (Å²) in [7, 11) is 0. The molecule has 2 N–H and O–H groups in total. The van der Waals surface area contributed by atoms with E-state index in [2.05, 4.69) is 41.2 Å². The van der Waals surface area contributed by atoms with Crippen LogP contribution in [0, 0.1) is 6.92 Å². The number of fused-ring (bicyclic) bond motifs is 1. The van der Waals surface area contributed by atoms with Gasteiger partial charge in [0.15, 0.2) is 5.65 Å². The van der Waals surface area contributed by atoms with Crippen molar-refractivity contribution in [2.24, 2.45) is 0 Å². The molecule has 2 aromatic heterocycles. The Morgan fingerprint density at radius 3 is 2.63 bits per heavy atom. The average Bonchev–Trinajstić information content (AvgIpc) is 2.74. The van der Waals surface area contributed by atoms with Crippen LogP contribution in [0.1, 0.15) is 18.1 Å². The molecule has 19 heavy (non-hydrogen) atoms. The van der Waals surface area contributed by atoms with Crippen LogP contribution in [0.5, 0.6) is 0 Å². The summed E-state index contributed by atoms with van der Waals surface area (Å²) < 4.78 is 1.88. The Labute approximate surface area is 111 Å². The zero-order valence-corrected chi connectivity index (χ0v) is 11.1. The van der Waals surface area contributed by atoms with Crippen LogP contribution < -0.4 is 5.73 Å². The number of anilines is 1. The van der Waals surface area contributed by atoms with Crippen LogP contribution in [-0.2, 0) is 6.42 Å². The van der Waals surface area contributed by atoms with Crippen molar-refractivity contribution in [2.45, 2.75) is 20.3 Å². The Morgan fingerprint density at radius 2 is 1.95 bits per heavy atom. The van der Waals surface area contributed by atoms with Gasteiger partial charge in [0, 0.05) is 6.20 Å². The van der Waals surface area contributed by atoms with Crippen molar-refractivity contribution in [1.82, 2.24) is 14.5 Å². The maximum atomic E-state index is 6.02. The number of benzene rings is 1. The van der Waals surface area contributed by atoms with Crippen LogP contribution >= 0.6 is 0 Å². The molecule has 0 fully saturated rings. The second-order valence-corrected chi connectivity index (χ2v) is 4.68. The van der Waals surface area contributed by atoms with Gasteiger partial charge in [-0.05, 0) is 42.7 Å². The second-order valence-electron chi connectivity index (χ2n) is 4.68. The number of pyridine rings is 1. The molecule has 0 saturated heterocycles. The lowest BCUT2D eigenvalue weighted by atomic mass is 10.1. The standard InChI is InChI=1S/C15H16N4/c1-3-11-4-6-12(7-5-11)19-14-13(18-15(19)16)8-10(2)9-17-14/h4-9H,3H2,1-2H3,(H2,16,18). The molecule has 2 heterocycles. The molecule has 4 nitrogen and oxygen atoms in total. The van der Waals surface area contributed by atoms with Gasteiger partial charge in [-0.25, -0.2) is 9.97 Å². The van der Waals surface area contributed by atoms with E-state index in [-0.39, 0.29) is 0 Å². The number of aryl methyl sites for hydroxylation is 2. The molecule has 0 atom stereocenters. The minimum atomic E-state index is 0.470. The molecule has 4 heteroatoms. The highest BCUT2D eigenvalue weighted by Gasteiger charge is 2.11. The number of nitrogens with zero attached hydrogens (tertiary/aromatic N) is 3. The molecule has 0 amide bonds. The van der Waals surface area contributed by atoms with Gasteiger partial charge in [0.2, 0.25) is 5.95 Å². The summed E-state index contributed by atoms with van der Waals surface area (Å²) in [5.74, 6) is 0.470. The van der Waals surface area contributed by atoms with Gasteiger partial charge in [-0.2, -0.15) is 0 Å². The number of rotatable bonds is 2. The molecule has 0 bridgehead atoms. The Kier molecular flexibility index (Phi) is 2.71. The summed E-state index contributed by atoms with van der Waals surface area (Å²) in [5.41, 5.74) is 11.0. The van der Waals surface area contributed by atoms with Crippen LogP contribution in [0.4, 0.5) is 5.95 Å². The van der Waals surface area contributed by atoms with Gasteiger partial charge in [0.1, 0.15) is 5.52 Å². The largest absolute Gasteiger partial charge is 0.369 e. The Balaban J connectivity index is 2.20. The van der Waals surface area contributed by atoms with Crippen molar-refractivity contribution in [2.75, 3.05) is 5.73 Å². The highest BCUT2D eigenvalue weighted by molar-refractivity contribution is 5.77. The Morgan fingerprint density at radius 1 is 1.21 bits per heavy atom. The minimum Gasteiger partial charge on any atom is -0.369 e. The fourth-order valence-electron chi connectivity index (χ4n) is 2.22. The molecule has 3 aromatic rings. The molecule has 1 aromatic carbocycles. The normalized spacial score (nSPS) is 11.1. The number of nitrogen functional groups attached to an aromatic ring is 1. The zero-order valence-electron chi connectivity index (χ0n) is 11.1. The van der Waals surface area contributed by atoms with Crippen LogP contribution in [0.2, 0.25) is 0 Å². The quantitative estimate of drug-likeness (QED) is 0.763. The highest BCUT2D eigenvalue weighted by atomic mass is 15.2. The molecule has 0 saturated carbocycles. The lowest BCUT2D eigenvalue weighted by Gasteiger charge is -2.06. The van der Waals surface area contributed by atoms with E-state index >= 15 is 0 Å². The molecule has 0 aliphatic rings. The topological polar surface area (TPSA) is 56.7 Å². The first kappa shape index (κ1) is 11.7. The number of aromatic nitrogens is 3. The molecule has 0 radical (unpaired) electrons. The smallest absolute Gasteiger partial charge is 0.207 e. The lowest BCUT2D eigenvalue weighted by Crippen LogP contribution is -2.01. The first-order valence-electron chi connectivity index (χ1n) is 6.39. The minimum absolute atomic E-state index is 0.470. The van der Waals surface area contributed by atoms with E-state index in [0.717, 1.165) is 28.8 Å². The third-order valence-corrected chi connectivity index (χ3v) is 3.26. The molecule has 0 unspecified atom stereocenters. The van der Waals surface area contributed by atoms with E-state index in [0.29, 0.717) is 5.95 Å². The second kappa shape index (κ2) is 4.39. The maximum Gasteiger partial charge on any atom is 0.207 e. The van der Waals surface area contributed by atoms with E-state index < -0.39 is 0 Å². The summed E-state index contributed by atoms with van der Waals surface area (Å²) >= 11 is 0. The van der Waals surface area contributed by atoms with E-state index in [1.807, 2.05) is 23.8 Å². The van der Waals surface area contributed by atoms with Crippen molar-refractivity contribution in [3.8, 4) is 5.69 Å². The van der Waals surface area contributed by atoms with Crippen molar-refractivity contribution < 1.29 is 0 Å². The molecule has 3 rings (SSSR count). The monoisotopic (exact) mass is 252 g/mol. The van der Waals surface area contributed by atoms with Gasteiger partial charge in [0.05, 0.1) is 5.69 Å². The number of nitrogens with two attached hydrogens (primary N) is 1. The van der Waals surface area contributed by atoms with Gasteiger partial charge in [-0.15, -0.1) is 0 Å². The van der Waals surface area contributed by atoms with Crippen molar-refractivity contribution in [3.05, 3.63) is 47.7 Å². The van der Waals surface area contributed by atoms with Crippen molar-refractivity contribution >= 4 is 17.1 Å². The van der Waals surface area contributed by atoms with Crippen molar-refractivity contribution in [3.63, 3.8) is 0 Å². The zero-order chi connectivity index (χ0) is 13.4. The molecule has 0 aliphatic carbocycles. The van der Waals surface area contributed by atoms with Crippen LogP contribution in [-0.4, -0.2) is 14.5 Å². The third kappa shape index (κ3) is 1.95. The van der Waals surface area contributed by atoms with Crippen LogP contribution in [0.15, 0.2) is 36.5 Å². The SMILES string of the molecule is CCc1ccc(-n2c(N)nc3cc(C)cnc32)cc1. The van der Waals surface area contributed by atoms with Gasteiger partial charge in [-0.1, -0.05) is 19.1 Å². The molecule has 96 valence electrons. The molecular weight excluding hydrogens is 236 g/mol. The summed E-state index contributed by atoms with van der Waals surface area (Å²) in [4.78, 5) is 8.81. The fraction of sp³-hybridized carbons (Fsp3) is 0.200. The summed E-state index contributed by atoms with van der Waals surface area (Å²) in [5, 5.41) is 0. The summed E-state index contributed by atoms with van der Waals surface area (Å²) in [6, 6.07) is 10.3. The van der Waals surface area contributed by atoms with E-state index in [9.17, 15) is 0 Å². The highest BCUT2D eigenvalue weighted by Crippen LogP contribution is 2.22. The first-order valence-corrected chi connectivity index (χ1v) is 6.39. The average molecular weight is 252 g/mol. The van der Waals surface area contributed by atoms with Gasteiger partial charge < -0.3 is 5.73 Å². The predicted molar refractivity (Wildman–Crippen MR) is 77.4 cm³/mol. The summed E-state index contributed by atoms with van der Waals surface area (Å²) in [6.45, 7) is 4.14. The van der Waals surface area contributed by atoms with Crippen LogP contribution in [0.25, 0.3) is 16.9 Å². The Hall–Kier alpha value is -2.36. The molecular formula is C15H16N4. The summed E-state index contributed by atoms with van der Waals surface area (Å²) in [6.07, 6.45) is 2.86. The van der Waals surface area contributed by atoms with Gasteiger partial charge in [-0.3, -0.25) is 4.57 Å². The Bertz CT molecular complexity index is 726. The lowest BCUT2D eigenvalue weighted by molar-refractivity contribution is 1.07. The molecule has 0 aliphatic heterocycles. The fourth-order valence-corrected chi connectivity index (χ4v) is 2.22. The van der Waals surface area contributed by atoms with Gasteiger partial charge >= 0.3 is 0 Å². The van der Waals surface area contributed by atoms with Crippen molar-refractivity contribution in [1.29, 1.82) is 0 Å². The maximum absolute atomic E-state index is 6.02. The number of hydrogen-bond acceptors (Lipinski definition) is 3. The van der Waals surface area contributed by atoms with E-state index in [4.69, 9.17) is 5.73 Å². The third-order valence-electron chi connectivity index (χ3n) is 3.26. The van der Waals surface area contributed by atoms with E-state index in [1.54, 1.807) is 0 Å².